The van der Waals surface area contributed by atoms with Crippen molar-refractivity contribution in [2.24, 2.45) is 17.4 Å². The molecule has 6 nitrogen and oxygen atoms in total. The summed E-state index contributed by atoms with van der Waals surface area (Å²) < 4.78 is 0. The molecular weight excluding hydrogens is 188 g/mol. The van der Waals surface area contributed by atoms with E-state index in [0.717, 1.165) is 0 Å². The molecule has 0 saturated heterocycles. The number of carboxylic acid groups (broad SMARTS) is 1. The van der Waals surface area contributed by atoms with Gasteiger partial charge in [-0.15, -0.1) is 0 Å². The topological polar surface area (TPSA) is 127 Å². The Hall–Kier alpha value is -0.980. The lowest BCUT2D eigenvalue weighted by molar-refractivity contribution is -0.147. The number of carbonyl (C=O) groups excluding carboxylic acids is 1. The zero-order valence-corrected chi connectivity index (χ0v) is 8.01. The number of Topliss-reactive ketones (excluding diaryl/α,β-unsaturated/α-hetero) is 1. The summed E-state index contributed by atoms with van der Waals surface area (Å²) in [4.78, 5) is 22.0. The highest BCUT2D eigenvalue weighted by molar-refractivity contribution is 6.01. The number of ketones is 1. The van der Waals surface area contributed by atoms with Crippen LogP contribution in [0.4, 0.5) is 0 Å². The van der Waals surface area contributed by atoms with Crippen LogP contribution < -0.4 is 11.5 Å². The number of rotatable bonds is 6. The molecule has 0 aromatic carbocycles. The quantitative estimate of drug-likeness (QED) is 0.382. The summed E-state index contributed by atoms with van der Waals surface area (Å²) in [6.45, 7) is 1.43. The molecule has 0 bridgehead atoms. The minimum atomic E-state index is -1.25. The molecule has 0 fully saturated rings. The number of aliphatic carboxylic acids is 1. The summed E-state index contributed by atoms with van der Waals surface area (Å²) in [6.07, 6.45) is -1.02. The van der Waals surface area contributed by atoms with Gasteiger partial charge in [0.15, 0.2) is 5.78 Å². The predicted molar refractivity (Wildman–Crippen MR) is 49.5 cm³/mol. The van der Waals surface area contributed by atoms with E-state index in [4.69, 9.17) is 21.7 Å². The van der Waals surface area contributed by atoms with Crippen LogP contribution in [0.15, 0.2) is 0 Å². The van der Waals surface area contributed by atoms with Crippen LogP contribution in [0.5, 0.6) is 0 Å². The molecule has 0 radical (unpaired) electrons. The second-order valence-electron chi connectivity index (χ2n) is 3.14. The van der Waals surface area contributed by atoms with Crippen molar-refractivity contribution in [2.45, 2.75) is 25.5 Å². The second kappa shape index (κ2) is 5.69. The summed E-state index contributed by atoms with van der Waals surface area (Å²) in [5.41, 5.74) is 10.5. The van der Waals surface area contributed by atoms with Gasteiger partial charge in [-0.3, -0.25) is 9.59 Å². The first-order valence-corrected chi connectivity index (χ1v) is 4.32. The zero-order chi connectivity index (χ0) is 11.3. The monoisotopic (exact) mass is 204 g/mol. The van der Waals surface area contributed by atoms with Gasteiger partial charge in [0, 0.05) is 0 Å². The Balaban J connectivity index is 4.51. The van der Waals surface area contributed by atoms with Gasteiger partial charge in [0.05, 0.1) is 12.1 Å². The molecule has 3 unspecified atom stereocenters. The molecule has 0 aromatic rings. The van der Waals surface area contributed by atoms with Crippen molar-refractivity contribution in [1.82, 2.24) is 0 Å². The molecule has 82 valence electrons. The molecule has 0 heterocycles. The average molecular weight is 204 g/mol. The van der Waals surface area contributed by atoms with Crippen molar-refractivity contribution >= 4 is 11.8 Å². The van der Waals surface area contributed by atoms with E-state index in [0.29, 0.717) is 0 Å². The van der Waals surface area contributed by atoms with Gasteiger partial charge in [-0.05, 0) is 19.9 Å². The van der Waals surface area contributed by atoms with Crippen LogP contribution in [-0.2, 0) is 9.59 Å². The number of aliphatic hydroxyl groups is 1. The Morgan fingerprint density at radius 3 is 2.21 bits per heavy atom. The van der Waals surface area contributed by atoms with E-state index in [9.17, 15) is 9.59 Å². The molecule has 0 aliphatic carbocycles. The van der Waals surface area contributed by atoms with E-state index in [1.807, 2.05) is 0 Å². The highest BCUT2D eigenvalue weighted by Crippen LogP contribution is 2.08. The van der Waals surface area contributed by atoms with Crippen molar-refractivity contribution in [3.8, 4) is 0 Å². The van der Waals surface area contributed by atoms with Crippen LogP contribution in [0.2, 0.25) is 0 Å². The van der Waals surface area contributed by atoms with E-state index in [1.165, 1.54) is 6.92 Å². The van der Waals surface area contributed by atoms with Gasteiger partial charge in [-0.25, -0.2) is 0 Å². The largest absolute Gasteiger partial charge is 0.481 e. The van der Waals surface area contributed by atoms with E-state index in [2.05, 4.69) is 0 Å². The number of hydrogen-bond acceptors (Lipinski definition) is 5. The van der Waals surface area contributed by atoms with Crippen LogP contribution in [0.3, 0.4) is 0 Å². The maximum absolute atomic E-state index is 11.4. The first-order valence-electron chi connectivity index (χ1n) is 4.32. The zero-order valence-electron chi connectivity index (χ0n) is 8.01. The van der Waals surface area contributed by atoms with E-state index >= 15 is 0 Å². The summed E-state index contributed by atoms with van der Waals surface area (Å²) in [5, 5.41) is 17.7. The molecule has 0 saturated carbocycles. The lowest BCUT2D eigenvalue weighted by atomic mass is 9.93. The fourth-order valence-corrected chi connectivity index (χ4v) is 1.02. The Bertz CT molecular complexity index is 217. The third-order valence-electron chi connectivity index (χ3n) is 1.95. The third kappa shape index (κ3) is 3.41. The van der Waals surface area contributed by atoms with Gasteiger partial charge in [0.1, 0.15) is 5.92 Å². The van der Waals surface area contributed by atoms with E-state index in [-0.39, 0.29) is 13.0 Å². The van der Waals surface area contributed by atoms with Gasteiger partial charge in [-0.2, -0.15) is 0 Å². The molecule has 0 rings (SSSR count). The van der Waals surface area contributed by atoms with Gasteiger partial charge in [0.25, 0.3) is 0 Å². The third-order valence-corrected chi connectivity index (χ3v) is 1.95. The van der Waals surface area contributed by atoms with Crippen LogP contribution in [-0.4, -0.2) is 40.7 Å². The van der Waals surface area contributed by atoms with Gasteiger partial charge >= 0.3 is 5.97 Å². The summed E-state index contributed by atoms with van der Waals surface area (Å²) in [6, 6.07) is -1.16. The van der Waals surface area contributed by atoms with Gasteiger partial charge in [-0.1, -0.05) is 0 Å². The summed E-state index contributed by atoms with van der Waals surface area (Å²) in [7, 11) is 0. The van der Waals surface area contributed by atoms with Gasteiger partial charge < -0.3 is 21.7 Å². The fraction of sp³-hybridized carbons (Fsp3) is 0.750. The smallest absolute Gasteiger partial charge is 0.314 e. The number of hydrogen-bond donors (Lipinski definition) is 4. The Kier molecular flexibility index (Phi) is 5.29. The molecule has 6 heteroatoms. The predicted octanol–water partition coefficient (Wildman–Crippen LogP) is -1.69. The average Bonchev–Trinajstić information content (AvgIpc) is 2.11. The van der Waals surface area contributed by atoms with Gasteiger partial charge in [0.2, 0.25) is 0 Å². The lowest BCUT2D eigenvalue weighted by Crippen LogP contribution is -2.46. The van der Waals surface area contributed by atoms with E-state index in [1.54, 1.807) is 0 Å². The molecule has 14 heavy (non-hydrogen) atoms. The Morgan fingerprint density at radius 1 is 1.43 bits per heavy atom. The second-order valence-corrected chi connectivity index (χ2v) is 3.14. The minimum Gasteiger partial charge on any atom is -0.481 e. The Morgan fingerprint density at radius 2 is 1.93 bits per heavy atom. The van der Waals surface area contributed by atoms with Crippen molar-refractivity contribution < 1.29 is 19.8 Å². The molecule has 0 aromatic heterocycles. The molecular formula is C8H16N2O4. The number of carbonyl (C=O) groups is 2. The molecule has 6 N–H and O–H groups in total. The van der Waals surface area contributed by atoms with Crippen molar-refractivity contribution in [1.29, 1.82) is 0 Å². The molecule has 3 atom stereocenters. The van der Waals surface area contributed by atoms with Crippen LogP contribution in [0, 0.1) is 5.92 Å². The summed E-state index contributed by atoms with van der Waals surface area (Å²) >= 11 is 0. The van der Waals surface area contributed by atoms with Crippen molar-refractivity contribution in [3.63, 3.8) is 0 Å². The minimum absolute atomic E-state index is 0.0363. The first-order chi connectivity index (χ1) is 6.41. The normalized spacial score (nSPS) is 17.1. The van der Waals surface area contributed by atoms with E-state index < -0.39 is 29.8 Å². The van der Waals surface area contributed by atoms with Crippen LogP contribution in [0.1, 0.15) is 13.3 Å². The number of aliphatic hydroxyl groups excluding tert-OH is 1. The van der Waals surface area contributed by atoms with Crippen molar-refractivity contribution in [2.75, 3.05) is 6.54 Å². The lowest BCUT2D eigenvalue weighted by Gasteiger charge is -2.17. The molecule has 0 aliphatic heterocycles. The van der Waals surface area contributed by atoms with Crippen molar-refractivity contribution in [3.05, 3.63) is 0 Å². The highest BCUT2D eigenvalue weighted by Gasteiger charge is 2.31. The number of carboxylic acids is 1. The highest BCUT2D eigenvalue weighted by atomic mass is 16.4. The Labute approximate surface area is 81.9 Å². The maximum atomic E-state index is 11.4. The standard InChI is InChI=1S/C8H16N2O4/c1-4(11)6(10)7(12)5(2-3-9)8(13)14/h4-6,11H,2-3,9-10H2,1H3,(H,13,14). The fourth-order valence-electron chi connectivity index (χ4n) is 1.02. The molecule has 0 spiro atoms. The summed E-state index contributed by atoms with van der Waals surface area (Å²) in [5.74, 6) is -3.15. The molecule has 0 amide bonds. The maximum Gasteiger partial charge on any atom is 0.314 e. The van der Waals surface area contributed by atoms with Crippen LogP contribution >= 0.6 is 0 Å². The molecule has 0 aliphatic rings. The number of nitrogens with two attached hydrogens (primary N) is 2. The first kappa shape index (κ1) is 13.0. The van der Waals surface area contributed by atoms with Crippen LogP contribution in [0.25, 0.3) is 0 Å². The SMILES string of the molecule is CC(O)C(N)C(=O)C(CCN)C(=O)O.